The molecule has 0 spiro atoms. The Bertz CT molecular complexity index is 2840. The Hall–Kier alpha value is -7.23. The predicted molar refractivity (Wildman–Crippen MR) is 367 cm³/mol. The first-order valence-electron chi connectivity index (χ1n) is 30.0. The van der Waals surface area contributed by atoms with Gasteiger partial charge in [0.1, 0.15) is 12.1 Å². The largest absolute Gasteiger partial charge is 0.481 e. The van der Waals surface area contributed by atoms with Crippen LogP contribution in [0.2, 0.25) is 0 Å². The molecule has 522 valence electrons. The number of nitrogens with one attached hydrogen (secondary N) is 9. The fraction of sp³-hybridized carbons (Fsp3) is 0.508. The Balaban J connectivity index is 0.000000705. The zero-order valence-corrected chi connectivity index (χ0v) is 58.1. The molecule has 0 aliphatic heterocycles. The molecule has 18 N–H and O–H groups in total. The molecule has 33 heteroatoms. The second kappa shape index (κ2) is 50.2. The van der Waals surface area contributed by atoms with E-state index < -0.39 is 127 Å². The summed E-state index contributed by atoms with van der Waals surface area (Å²) in [6.07, 6.45) is 2.48. The van der Waals surface area contributed by atoms with E-state index in [0.29, 0.717) is 45.2 Å². The Morgan fingerprint density at radius 1 is 0.298 bits per heavy atom. The van der Waals surface area contributed by atoms with Crippen molar-refractivity contribution in [2.45, 2.75) is 178 Å². The maximum atomic E-state index is 12.2. The van der Waals surface area contributed by atoms with Crippen LogP contribution < -0.4 is 47.9 Å². The Kier molecular flexibility index (Phi) is 45.3. The lowest BCUT2D eigenvalue weighted by molar-refractivity contribution is -0.141. The van der Waals surface area contributed by atoms with E-state index in [2.05, 4.69) is 116 Å². The molecule has 3 rings (SSSR count). The lowest BCUT2D eigenvalue weighted by Gasteiger charge is -2.21. The van der Waals surface area contributed by atoms with E-state index in [9.17, 15) is 62.6 Å². The predicted octanol–water partition coefficient (Wildman–Crippen LogP) is 6.42. The first-order valence-corrected chi connectivity index (χ1v) is 33.3. The number of rotatable bonds is 46. The van der Waals surface area contributed by atoms with Crippen LogP contribution in [0.1, 0.15) is 139 Å². The van der Waals surface area contributed by atoms with Crippen LogP contribution in [0.5, 0.6) is 0 Å². The normalized spacial score (nSPS) is 12.5. The van der Waals surface area contributed by atoms with Gasteiger partial charge in [-0.25, -0.2) is 24.0 Å². The monoisotopic (exact) mass is 1660 g/mol. The Morgan fingerprint density at radius 2 is 0.543 bits per heavy atom. The van der Waals surface area contributed by atoms with Crippen molar-refractivity contribution in [3.8, 4) is 0 Å². The minimum absolute atomic E-state index is 0.0368. The molecule has 6 amide bonds. The van der Waals surface area contributed by atoms with Crippen LogP contribution in [0.3, 0.4) is 0 Å². The van der Waals surface area contributed by atoms with Crippen molar-refractivity contribution >= 4 is 140 Å². The van der Waals surface area contributed by atoms with E-state index in [1.807, 2.05) is 72.8 Å². The molecule has 6 atom stereocenters. The standard InChI is InChI=1S/C21H30IN3O7.2C20H28IN3O7/c22-15-6-4-14(5-7-15)13-23-10-2-1-3-16(11-19(28)29)24-21(32)25-17(12-20(30)31)8-9-18(26)27;21-14-6-4-13(5-7-14)12-22-10-2-1-3-16(19(29)30)24-20(31)23-15(11-18(27)28)8-9-17(25)26;21-14-6-4-13(5-7-14)12-22-10-2-1-3-15(11-18(27)28)23-20(31)24-16(19(29)30)8-9-17(25)26/h4-7,16-17,23H,1-3,8-13H2,(H,26,27)(H,28,29)(H,30,31)(H2,24,25,32);2*4-7,15-16,22H,1-3,8-12H2,(H,25,26)(H,27,28)(H,29,30)(H2,23,24,31)/t16-,17-;2*15-,16-/m000/s1. The fourth-order valence-corrected chi connectivity index (χ4v) is 9.77. The summed E-state index contributed by atoms with van der Waals surface area (Å²) in [5, 5.41) is 105. The van der Waals surface area contributed by atoms with Gasteiger partial charge in [-0.2, -0.15) is 0 Å². The number of carbonyl (C=O) groups is 12. The van der Waals surface area contributed by atoms with Crippen LogP contribution in [-0.2, 0) is 62.8 Å². The third-order valence-corrected chi connectivity index (χ3v) is 15.6. The number of unbranched alkanes of at least 4 members (excludes halogenated alkanes) is 3. The highest BCUT2D eigenvalue weighted by molar-refractivity contribution is 14.1. The minimum Gasteiger partial charge on any atom is -0.481 e. The molecular formula is C61H86I3N9O21. The molecule has 0 saturated heterocycles. The third-order valence-electron chi connectivity index (χ3n) is 13.4. The molecule has 0 radical (unpaired) electrons. The summed E-state index contributed by atoms with van der Waals surface area (Å²) >= 11 is 6.72. The van der Waals surface area contributed by atoms with Gasteiger partial charge in [-0.05, 0) is 205 Å². The maximum Gasteiger partial charge on any atom is 0.326 e. The quantitative estimate of drug-likeness (QED) is 0.0214. The van der Waals surface area contributed by atoms with Crippen molar-refractivity contribution in [3.63, 3.8) is 0 Å². The summed E-state index contributed by atoms with van der Waals surface area (Å²) in [5.74, 6) is -10.4. The van der Waals surface area contributed by atoms with Gasteiger partial charge in [0, 0.05) is 73.8 Å². The number of carboxylic acid groups (broad SMARTS) is 9. The molecule has 0 aliphatic carbocycles. The van der Waals surface area contributed by atoms with Crippen molar-refractivity contribution in [2.75, 3.05) is 19.6 Å². The van der Waals surface area contributed by atoms with Gasteiger partial charge in [0.15, 0.2) is 0 Å². The van der Waals surface area contributed by atoms with Gasteiger partial charge in [-0.15, -0.1) is 0 Å². The zero-order valence-electron chi connectivity index (χ0n) is 51.6. The van der Waals surface area contributed by atoms with Crippen molar-refractivity contribution < 1.29 is 103 Å². The number of urea groups is 3. The molecule has 0 saturated carbocycles. The van der Waals surface area contributed by atoms with E-state index >= 15 is 0 Å². The first kappa shape index (κ1) is 84.8. The summed E-state index contributed by atoms with van der Waals surface area (Å²) in [5.41, 5.74) is 3.49. The second-order valence-corrected chi connectivity index (χ2v) is 25.2. The summed E-state index contributed by atoms with van der Waals surface area (Å²) in [6.45, 7) is 4.34. The topological polar surface area (TPSA) is 495 Å². The van der Waals surface area contributed by atoms with E-state index in [-0.39, 0.29) is 51.4 Å². The highest BCUT2D eigenvalue weighted by atomic mass is 127. The van der Waals surface area contributed by atoms with Gasteiger partial charge < -0.3 is 93.8 Å². The molecule has 0 aliphatic rings. The number of benzene rings is 3. The third kappa shape index (κ3) is 46.8. The molecule has 94 heavy (non-hydrogen) atoms. The van der Waals surface area contributed by atoms with E-state index in [4.69, 9.17) is 40.9 Å². The van der Waals surface area contributed by atoms with Gasteiger partial charge >= 0.3 is 71.8 Å². The smallest absolute Gasteiger partial charge is 0.326 e. The molecule has 3 aromatic carbocycles. The van der Waals surface area contributed by atoms with Crippen molar-refractivity contribution in [2.24, 2.45) is 0 Å². The summed E-state index contributed by atoms with van der Waals surface area (Å²) in [4.78, 5) is 135. The Morgan fingerprint density at radius 3 is 0.809 bits per heavy atom. The van der Waals surface area contributed by atoms with Gasteiger partial charge in [0.25, 0.3) is 0 Å². The summed E-state index contributed by atoms with van der Waals surface area (Å²) in [6, 6.07) is 16.5. The number of carbonyl (C=O) groups excluding carboxylic acids is 3. The minimum atomic E-state index is -1.37. The second-order valence-electron chi connectivity index (χ2n) is 21.5. The summed E-state index contributed by atoms with van der Waals surface area (Å²) in [7, 11) is 0. The number of hydrogen-bond donors (Lipinski definition) is 18. The SMILES string of the molecule is O=C(O)CC[C@@H](CC(=O)O)NC(=O)N[C@@H](CCCCNCc1ccc(I)cc1)C(=O)O.O=C(O)CC[C@@H](CC(=O)O)NC(=O)N[C@@H](CCCCNCc1ccc(I)cc1)CC(=O)O.O=C(O)CC[C@H](NC(=O)N[C@@H](CCCCNCc1ccc(I)cc1)CC(=O)O)C(=O)O. The van der Waals surface area contributed by atoms with Crippen LogP contribution in [-0.4, -0.2) is 174 Å². The van der Waals surface area contributed by atoms with Crippen molar-refractivity contribution in [3.05, 3.63) is 100 Å². The number of amides is 6. The first-order chi connectivity index (χ1) is 44.5. The number of aliphatic carboxylic acids is 9. The lowest BCUT2D eigenvalue weighted by Crippen LogP contribution is -2.49. The molecule has 3 aromatic rings. The van der Waals surface area contributed by atoms with Crippen LogP contribution in [0.15, 0.2) is 72.8 Å². The molecular weight excluding hydrogens is 1580 g/mol. The highest BCUT2D eigenvalue weighted by Gasteiger charge is 2.26. The van der Waals surface area contributed by atoms with Crippen LogP contribution >= 0.6 is 67.8 Å². The molecule has 0 unspecified atom stereocenters. The average molecular weight is 1660 g/mol. The zero-order chi connectivity index (χ0) is 70.4. The van der Waals surface area contributed by atoms with E-state index in [1.54, 1.807) is 0 Å². The number of hydrogen-bond acceptors (Lipinski definition) is 15. The van der Waals surface area contributed by atoms with Gasteiger partial charge in [0.2, 0.25) is 0 Å². The highest BCUT2D eigenvalue weighted by Crippen LogP contribution is 2.13. The molecule has 0 aromatic heterocycles. The molecule has 30 nitrogen and oxygen atoms in total. The van der Waals surface area contributed by atoms with Crippen LogP contribution in [0.25, 0.3) is 0 Å². The molecule has 0 bridgehead atoms. The van der Waals surface area contributed by atoms with Gasteiger partial charge in [-0.1, -0.05) is 49.2 Å². The molecule has 0 fully saturated rings. The van der Waals surface area contributed by atoms with E-state index in [1.165, 1.54) is 18.3 Å². The maximum absolute atomic E-state index is 12.2. The lowest BCUT2D eigenvalue weighted by atomic mass is 10.1. The van der Waals surface area contributed by atoms with Gasteiger partial charge in [-0.3, -0.25) is 33.6 Å². The van der Waals surface area contributed by atoms with Gasteiger partial charge in [0.05, 0.1) is 25.7 Å². The number of carboxylic acids is 9. The fourth-order valence-electron chi connectivity index (χ4n) is 8.69. The van der Waals surface area contributed by atoms with E-state index in [0.717, 1.165) is 54.6 Å². The van der Waals surface area contributed by atoms with Crippen LogP contribution in [0, 0.1) is 10.7 Å². The number of halogens is 3. The van der Waals surface area contributed by atoms with Crippen LogP contribution in [0.4, 0.5) is 14.4 Å². The average Bonchev–Trinajstić information content (AvgIpc) is 2.84. The molecule has 0 heterocycles. The van der Waals surface area contributed by atoms with Crippen molar-refractivity contribution in [1.29, 1.82) is 0 Å². The summed E-state index contributed by atoms with van der Waals surface area (Å²) < 4.78 is 3.50. The Labute approximate surface area is 584 Å². The van der Waals surface area contributed by atoms with Crippen molar-refractivity contribution in [1.82, 2.24) is 47.9 Å².